The van der Waals surface area contributed by atoms with Gasteiger partial charge in [-0.2, -0.15) is 5.10 Å². The van der Waals surface area contributed by atoms with Gasteiger partial charge in [-0.25, -0.2) is 4.68 Å². The lowest BCUT2D eigenvalue weighted by molar-refractivity contribution is 0.878. The SMILES string of the molecule is Clc1ccccc1/C=N/n1cnnc1. The molecule has 70 valence electrons. The van der Waals surface area contributed by atoms with Crippen molar-refractivity contribution >= 4 is 17.8 Å². The second kappa shape index (κ2) is 4.02. The van der Waals surface area contributed by atoms with Crippen molar-refractivity contribution in [1.29, 1.82) is 0 Å². The van der Waals surface area contributed by atoms with Crippen LogP contribution in [0.1, 0.15) is 5.56 Å². The van der Waals surface area contributed by atoms with Crippen LogP contribution in [0.15, 0.2) is 42.0 Å². The largest absolute Gasteiger partial charge is 0.208 e. The fraction of sp³-hybridized carbons (Fsp3) is 0. The molecule has 4 nitrogen and oxygen atoms in total. The highest BCUT2D eigenvalue weighted by Crippen LogP contribution is 2.12. The lowest BCUT2D eigenvalue weighted by atomic mass is 10.2. The molecule has 1 aromatic carbocycles. The molecular formula is C9H7ClN4. The maximum Gasteiger partial charge on any atom is 0.141 e. The Morgan fingerprint density at radius 2 is 1.93 bits per heavy atom. The van der Waals surface area contributed by atoms with Crippen LogP contribution in [0.5, 0.6) is 0 Å². The summed E-state index contributed by atoms with van der Waals surface area (Å²) < 4.78 is 1.50. The van der Waals surface area contributed by atoms with E-state index in [1.54, 1.807) is 6.21 Å². The van der Waals surface area contributed by atoms with Crippen molar-refractivity contribution in [2.24, 2.45) is 5.10 Å². The van der Waals surface area contributed by atoms with Crippen LogP contribution in [0.25, 0.3) is 0 Å². The maximum atomic E-state index is 5.93. The first-order valence-electron chi connectivity index (χ1n) is 4.00. The summed E-state index contributed by atoms with van der Waals surface area (Å²) in [7, 11) is 0. The normalized spacial score (nSPS) is 10.9. The monoisotopic (exact) mass is 206 g/mol. The highest BCUT2D eigenvalue weighted by atomic mass is 35.5. The number of hydrogen-bond donors (Lipinski definition) is 0. The maximum absolute atomic E-state index is 5.93. The van der Waals surface area contributed by atoms with Gasteiger partial charge in [0.05, 0.1) is 6.21 Å². The van der Waals surface area contributed by atoms with Crippen LogP contribution in [0, 0.1) is 0 Å². The molecule has 0 saturated heterocycles. The van der Waals surface area contributed by atoms with Crippen molar-refractivity contribution in [3.05, 3.63) is 47.5 Å². The summed E-state index contributed by atoms with van der Waals surface area (Å²) in [5.41, 5.74) is 0.864. The zero-order chi connectivity index (χ0) is 9.80. The van der Waals surface area contributed by atoms with Gasteiger partial charge in [-0.15, -0.1) is 10.2 Å². The molecule has 0 N–H and O–H groups in total. The van der Waals surface area contributed by atoms with E-state index in [0.29, 0.717) is 5.02 Å². The second-order valence-corrected chi connectivity index (χ2v) is 3.02. The summed E-state index contributed by atoms with van der Waals surface area (Å²) in [4.78, 5) is 0. The Morgan fingerprint density at radius 1 is 1.21 bits per heavy atom. The van der Waals surface area contributed by atoms with E-state index < -0.39 is 0 Å². The highest BCUT2D eigenvalue weighted by molar-refractivity contribution is 6.33. The topological polar surface area (TPSA) is 43.1 Å². The van der Waals surface area contributed by atoms with Gasteiger partial charge in [-0.3, -0.25) is 0 Å². The van der Waals surface area contributed by atoms with Crippen LogP contribution in [0.3, 0.4) is 0 Å². The molecule has 0 aliphatic rings. The van der Waals surface area contributed by atoms with Gasteiger partial charge in [0.2, 0.25) is 0 Å². The smallest absolute Gasteiger partial charge is 0.141 e. The Balaban J connectivity index is 2.23. The number of rotatable bonds is 2. The molecule has 0 unspecified atom stereocenters. The lowest BCUT2D eigenvalue weighted by Gasteiger charge is -1.95. The predicted molar refractivity (Wildman–Crippen MR) is 54.5 cm³/mol. The van der Waals surface area contributed by atoms with Crippen molar-refractivity contribution < 1.29 is 0 Å². The zero-order valence-electron chi connectivity index (χ0n) is 7.21. The third kappa shape index (κ3) is 1.97. The first-order chi connectivity index (χ1) is 6.86. The van der Waals surface area contributed by atoms with Crippen LogP contribution in [-0.4, -0.2) is 21.1 Å². The number of halogens is 1. The Morgan fingerprint density at radius 3 is 2.64 bits per heavy atom. The van der Waals surface area contributed by atoms with E-state index in [9.17, 15) is 0 Å². The molecule has 5 heteroatoms. The van der Waals surface area contributed by atoms with Gasteiger partial charge < -0.3 is 0 Å². The third-order valence-electron chi connectivity index (χ3n) is 1.64. The van der Waals surface area contributed by atoms with Gasteiger partial charge in [0.15, 0.2) is 0 Å². The van der Waals surface area contributed by atoms with E-state index in [0.717, 1.165) is 5.56 Å². The molecule has 0 atom stereocenters. The fourth-order valence-electron chi connectivity index (χ4n) is 0.964. The second-order valence-electron chi connectivity index (χ2n) is 2.61. The molecule has 0 spiro atoms. The molecule has 0 radical (unpaired) electrons. The van der Waals surface area contributed by atoms with Crippen molar-refractivity contribution in [2.45, 2.75) is 0 Å². The van der Waals surface area contributed by atoms with E-state index in [1.807, 2.05) is 24.3 Å². The molecule has 14 heavy (non-hydrogen) atoms. The number of benzene rings is 1. The molecule has 2 aromatic rings. The Bertz CT molecular complexity index is 436. The lowest BCUT2D eigenvalue weighted by Crippen LogP contribution is -1.87. The van der Waals surface area contributed by atoms with Gasteiger partial charge in [0.25, 0.3) is 0 Å². The Hall–Kier alpha value is -1.68. The first kappa shape index (κ1) is 8.90. The molecule has 1 heterocycles. The van der Waals surface area contributed by atoms with Gasteiger partial charge in [0.1, 0.15) is 12.7 Å². The molecule has 0 bridgehead atoms. The van der Waals surface area contributed by atoms with Gasteiger partial charge in [0, 0.05) is 10.6 Å². The van der Waals surface area contributed by atoms with Gasteiger partial charge in [-0.1, -0.05) is 29.8 Å². The van der Waals surface area contributed by atoms with E-state index in [2.05, 4.69) is 15.3 Å². The zero-order valence-corrected chi connectivity index (χ0v) is 7.96. The van der Waals surface area contributed by atoms with Gasteiger partial charge >= 0.3 is 0 Å². The van der Waals surface area contributed by atoms with Crippen LogP contribution in [0.2, 0.25) is 5.02 Å². The first-order valence-corrected chi connectivity index (χ1v) is 4.37. The molecule has 0 aliphatic carbocycles. The van der Waals surface area contributed by atoms with E-state index in [1.165, 1.54) is 17.3 Å². The van der Waals surface area contributed by atoms with Crippen LogP contribution >= 0.6 is 11.6 Å². The number of hydrogen-bond acceptors (Lipinski definition) is 3. The molecule has 0 fully saturated rings. The van der Waals surface area contributed by atoms with Crippen LogP contribution in [0.4, 0.5) is 0 Å². The fourth-order valence-corrected chi connectivity index (χ4v) is 1.15. The summed E-state index contributed by atoms with van der Waals surface area (Å²) in [6.07, 6.45) is 4.67. The quantitative estimate of drug-likeness (QED) is 0.704. The molecular weight excluding hydrogens is 200 g/mol. The standard InChI is InChI=1S/C9H7ClN4/c10-9-4-2-1-3-8(9)5-13-14-6-11-12-7-14/h1-7H/b13-5+. The summed E-state index contributed by atoms with van der Waals surface area (Å²) in [6.45, 7) is 0. The highest BCUT2D eigenvalue weighted by Gasteiger charge is 1.93. The minimum Gasteiger partial charge on any atom is -0.208 e. The summed E-state index contributed by atoms with van der Waals surface area (Å²) in [5.74, 6) is 0. The number of aromatic nitrogens is 3. The Labute approximate surface area is 85.8 Å². The Kier molecular flexibility index (Phi) is 2.55. The minimum absolute atomic E-state index is 0.671. The van der Waals surface area contributed by atoms with Gasteiger partial charge in [-0.05, 0) is 6.07 Å². The average molecular weight is 207 g/mol. The van der Waals surface area contributed by atoms with Crippen LogP contribution < -0.4 is 0 Å². The van der Waals surface area contributed by atoms with Crippen molar-refractivity contribution in [3.8, 4) is 0 Å². The molecule has 0 amide bonds. The summed E-state index contributed by atoms with van der Waals surface area (Å²) >= 11 is 5.93. The van der Waals surface area contributed by atoms with Crippen molar-refractivity contribution in [1.82, 2.24) is 14.9 Å². The minimum atomic E-state index is 0.671. The molecule has 0 aliphatic heterocycles. The molecule has 0 saturated carbocycles. The summed E-state index contributed by atoms with van der Waals surface area (Å²) in [5, 5.41) is 12.0. The number of nitrogens with zero attached hydrogens (tertiary/aromatic N) is 4. The molecule has 1 aromatic heterocycles. The van der Waals surface area contributed by atoms with E-state index in [4.69, 9.17) is 11.6 Å². The van der Waals surface area contributed by atoms with E-state index >= 15 is 0 Å². The van der Waals surface area contributed by atoms with Crippen molar-refractivity contribution in [2.75, 3.05) is 0 Å². The average Bonchev–Trinajstić information content (AvgIpc) is 2.69. The molecule has 2 rings (SSSR count). The summed E-state index contributed by atoms with van der Waals surface area (Å²) in [6, 6.07) is 7.48. The van der Waals surface area contributed by atoms with E-state index in [-0.39, 0.29) is 0 Å². The third-order valence-corrected chi connectivity index (χ3v) is 1.99. The van der Waals surface area contributed by atoms with Crippen LogP contribution in [-0.2, 0) is 0 Å². The van der Waals surface area contributed by atoms with Crippen molar-refractivity contribution in [3.63, 3.8) is 0 Å². The predicted octanol–water partition coefficient (Wildman–Crippen LogP) is 1.81.